The van der Waals surface area contributed by atoms with E-state index < -0.39 is 36.7 Å². The number of imide groups is 1. The fourth-order valence-corrected chi connectivity index (χ4v) is 1.96. The van der Waals surface area contributed by atoms with Gasteiger partial charge in [-0.15, -0.1) is 6.58 Å². The molecule has 0 aromatic heterocycles. The summed E-state index contributed by atoms with van der Waals surface area (Å²) in [5.41, 5.74) is 0. The molecule has 0 bridgehead atoms. The molecule has 0 fully saturated rings. The molecule has 2 amide bonds. The zero-order valence-electron chi connectivity index (χ0n) is 15.3. The van der Waals surface area contributed by atoms with Crippen molar-refractivity contribution in [1.82, 2.24) is 4.90 Å². The van der Waals surface area contributed by atoms with Crippen LogP contribution in [0.15, 0.2) is 12.7 Å². The minimum absolute atomic E-state index is 0.0346. The molecule has 2 N–H and O–H groups in total. The molecule has 0 saturated carbocycles. The zero-order chi connectivity index (χ0) is 19.6. The Hall–Kier alpha value is -2.09. The first-order valence-corrected chi connectivity index (χ1v) is 8.24. The van der Waals surface area contributed by atoms with Gasteiger partial charge in [-0.25, -0.2) is 14.5 Å². The van der Waals surface area contributed by atoms with Gasteiger partial charge >= 0.3 is 18.2 Å². The van der Waals surface area contributed by atoms with Gasteiger partial charge in [-0.1, -0.05) is 33.8 Å². The summed E-state index contributed by atoms with van der Waals surface area (Å²) in [5.74, 6) is -2.42. The molecule has 8 heteroatoms. The Morgan fingerprint density at radius 1 is 1.04 bits per heavy atom. The van der Waals surface area contributed by atoms with Gasteiger partial charge in [0.15, 0.2) is 0 Å². The van der Waals surface area contributed by atoms with Gasteiger partial charge in [0.05, 0.1) is 25.2 Å². The maximum atomic E-state index is 12.4. The molecule has 0 heterocycles. The summed E-state index contributed by atoms with van der Waals surface area (Å²) >= 11 is 0. The van der Waals surface area contributed by atoms with E-state index in [0.29, 0.717) is 4.90 Å². The number of rotatable bonds is 10. The first-order chi connectivity index (χ1) is 11.6. The quantitative estimate of drug-likeness (QED) is 0.576. The Labute approximate surface area is 148 Å². The lowest BCUT2D eigenvalue weighted by Gasteiger charge is -2.30. The van der Waals surface area contributed by atoms with Gasteiger partial charge in [-0.05, 0) is 18.3 Å². The van der Waals surface area contributed by atoms with Crippen molar-refractivity contribution >= 4 is 18.2 Å². The lowest BCUT2D eigenvalue weighted by molar-refractivity contribution is -0.143. The number of carboxylic acid groups (broad SMARTS) is 1. The molecule has 25 heavy (non-hydrogen) atoms. The maximum Gasteiger partial charge on any atom is 0.419 e. The van der Waals surface area contributed by atoms with E-state index in [-0.39, 0.29) is 31.5 Å². The van der Waals surface area contributed by atoms with Crippen molar-refractivity contribution in [1.29, 1.82) is 0 Å². The number of aliphatic carboxylic acids is 1. The van der Waals surface area contributed by atoms with Crippen LogP contribution in [0.5, 0.6) is 0 Å². The third-order valence-electron chi connectivity index (χ3n) is 3.18. The number of carboxylic acids is 1. The normalized spacial score (nSPS) is 13.2. The Bertz CT molecular complexity index is 438. The van der Waals surface area contributed by atoms with Crippen molar-refractivity contribution in [2.24, 2.45) is 17.8 Å². The maximum absolute atomic E-state index is 12.4. The van der Waals surface area contributed by atoms with Gasteiger partial charge < -0.3 is 19.7 Å². The molecular weight excluding hydrogens is 330 g/mol. The number of carbonyl (C=O) groups is 3. The van der Waals surface area contributed by atoms with Gasteiger partial charge in [0.2, 0.25) is 0 Å². The Balaban J connectivity index is 5.55. The Morgan fingerprint density at radius 3 is 1.76 bits per heavy atom. The third kappa shape index (κ3) is 8.02. The Kier molecular flexibility index (Phi) is 10.5. The highest BCUT2D eigenvalue weighted by Gasteiger charge is 2.39. The van der Waals surface area contributed by atoms with Gasteiger partial charge in [-0.3, -0.25) is 4.79 Å². The summed E-state index contributed by atoms with van der Waals surface area (Å²) < 4.78 is 10.1. The molecule has 0 aromatic carbocycles. The van der Waals surface area contributed by atoms with E-state index >= 15 is 0 Å². The molecule has 0 aliphatic heterocycles. The molecule has 0 aliphatic carbocycles. The van der Waals surface area contributed by atoms with Crippen LogP contribution in [0.25, 0.3) is 0 Å². The number of carbonyl (C=O) groups excluding carboxylic acids is 2. The average molecular weight is 359 g/mol. The van der Waals surface area contributed by atoms with Crippen molar-refractivity contribution in [2.45, 2.75) is 40.2 Å². The molecule has 2 atom stereocenters. The van der Waals surface area contributed by atoms with E-state index in [9.17, 15) is 19.5 Å². The summed E-state index contributed by atoms with van der Waals surface area (Å²) in [6.07, 6.45) is -0.993. The monoisotopic (exact) mass is 359 g/mol. The second-order valence-electron chi connectivity index (χ2n) is 6.49. The number of ether oxygens (including phenoxy) is 2. The summed E-state index contributed by atoms with van der Waals surface area (Å²) in [6, 6.07) is -1.20. The van der Waals surface area contributed by atoms with E-state index in [0.717, 1.165) is 0 Å². The highest BCUT2D eigenvalue weighted by Crippen LogP contribution is 2.20. The standard InChI is InChI=1S/C17H29NO7/c1-6-14(13(7-8-19)15(20)21)18(16(22)24-9-11(2)3)17(23)25-10-12(4)5/h6,11-14,19H,1,7-10H2,2-5H3,(H,20,21)/t13-,14-/m0/s1. The van der Waals surface area contributed by atoms with Crippen LogP contribution >= 0.6 is 0 Å². The second kappa shape index (κ2) is 11.5. The van der Waals surface area contributed by atoms with Crippen molar-refractivity contribution < 1.29 is 34.1 Å². The fraction of sp³-hybridized carbons (Fsp3) is 0.706. The molecule has 0 saturated heterocycles. The van der Waals surface area contributed by atoms with Crippen LogP contribution in [0.4, 0.5) is 9.59 Å². The molecular formula is C17H29NO7. The first kappa shape index (κ1) is 22.9. The summed E-state index contributed by atoms with van der Waals surface area (Å²) in [4.78, 5) is 36.8. The van der Waals surface area contributed by atoms with E-state index in [1.54, 1.807) is 0 Å². The van der Waals surface area contributed by atoms with E-state index in [2.05, 4.69) is 6.58 Å². The van der Waals surface area contributed by atoms with Crippen molar-refractivity contribution in [3.63, 3.8) is 0 Å². The van der Waals surface area contributed by atoms with Crippen molar-refractivity contribution in [3.8, 4) is 0 Å². The van der Waals surface area contributed by atoms with Crippen molar-refractivity contribution in [3.05, 3.63) is 12.7 Å². The third-order valence-corrected chi connectivity index (χ3v) is 3.18. The van der Waals surface area contributed by atoms with Crippen LogP contribution in [0.1, 0.15) is 34.1 Å². The minimum Gasteiger partial charge on any atom is -0.481 e. The van der Waals surface area contributed by atoms with E-state index in [4.69, 9.17) is 14.6 Å². The fourth-order valence-electron chi connectivity index (χ4n) is 1.96. The van der Waals surface area contributed by atoms with E-state index in [1.165, 1.54) is 6.08 Å². The summed E-state index contributed by atoms with van der Waals surface area (Å²) in [6.45, 7) is 10.5. The van der Waals surface area contributed by atoms with Gasteiger partial charge in [0.25, 0.3) is 0 Å². The zero-order valence-corrected chi connectivity index (χ0v) is 15.3. The van der Waals surface area contributed by atoms with Crippen LogP contribution in [0, 0.1) is 17.8 Å². The highest BCUT2D eigenvalue weighted by atomic mass is 16.6. The van der Waals surface area contributed by atoms with Crippen LogP contribution in [-0.2, 0) is 14.3 Å². The minimum atomic E-state index is -1.27. The van der Waals surface area contributed by atoms with Crippen LogP contribution in [-0.4, -0.2) is 59.1 Å². The van der Waals surface area contributed by atoms with Crippen LogP contribution in [0.3, 0.4) is 0 Å². The van der Waals surface area contributed by atoms with Gasteiger partial charge in [-0.2, -0.15) is 0 Å². The molecule has 144 valence electrons. The molecule has 0 spiro atoms. The number of aliphatic hydroxyl groups excluding tert-OH is 1. The molecule has 0 rings (SSSR count). The van der Waals surface area contributed by atoms with Gasteiger partial charge in [0.1, 0.15) is 0 Å². The topological polar surface area (TPSA) is 113 Å². The number of nitrogens with zero attached hydrogens (tertiary/aromatic N) is 1. The average Bonchev–Trinajstić information content (AvgIpc) is 2.53. The summed E-state index contributed by atoms with van der Waals surface area (Å²) in [5, 5.41) is 18.5. The first-order valence-electron chi connectivity index (χ1n) is 8.24. The van der Waals surface area contributed by atoms with Crippen LogP contribution < -0.4 is 0 Å². The largest absolute Gasteiger partial charge is 0.481 e. The Morgan fingerprint density at radius 2 is 1.48 bits per heavy atom. The number of amides is 2. The molecule has 8 nitrogen and oxygen atoms in total. The number of hydrogen-bond donors (Lipinski definition) is 2. The SMILES string of the molecule is C=C[C@@H]([C@H](CCO)C(=O)O)N(C(=O)OCC(C)C)C(=O)OCC(C)C. The molecule has 0 aliphatic rings. The predicted octanol–water partition coefficient (Wildman–Crippen LogP) is 2.51. The number of hydrogen-bond acceptors (Lipinski definition) is 6. The molecule has 0 unspecified atom stereocenters. The molecule has 0 radical (unpaired) electrons. The van der Waals surface area contributed by atoms with Gasteiger partial charge in [0, 0.05) is 6.61 Å². The van der Waals surface area contributed by atoms with E-state index in [1.807, 2.05) is 27.7 Å². The molecule has 0 aromatic rings. The lowest BCUT2D eigenvalue weighted by Crippen LogP contribution is -2.50. The predicted molar refractivity (Wildman–Crippen MR) is 91.0 cm³/mol. The smallest absolute Gasteiger partial charge is 0.419 e. The number of aliphatic hydroxyl groups is 1. The summed E-state index contributed by atoms with van der Waals surface area (Å²) in [7, 11) is 0. The lowest BCUT2D eigenvalue weighted by atomic mass is 9.95. The highest BCUT2D eigenvalue weighted by molar-refractivity contribution is 5.89. The van der Waals surface area contributed by atoms with Crippen LogP contribution in [0.2, 0.25) is 0 Å². The van der Waals surface area contributed by atoms with Crippen molar-refractivity contribution in [2.75, 3.05) is 19.8 Å². The second-order valence-corrected chi connectivity index (χ2v) is 6.49.